The monoisotopic (exact) mass is 211 g/mol. The lowest BCUT2D eigenvalue weighted by molar-refractivity contribution is -0.146. The van der Waals surface area contributed by atoms with Gasteiger partial charge >= 0.3 is 5.97 Å². The smallest absolute Gasteiger partial charge is 0.307 e. The molecule has 1 aliphatic carbocycles. The number of ketones is 1. The van der Waals surface area contributed by atoms with Crippen LogP contribution in [0.25, 0.3) is 0 Å². The summed E-state index contributed by atoms with van der Waals surface area (Å²) in [6.07, 6.45) is 2.85. The maximum Gasteiger partial charge on any atom is 0.307 e. The number of carbonyl (C=O) groups is 2. The number of rotatable bonds is 3. The molecule has 2 atom stereocenters. The second-order valence-electron chi connectivity index (χ2n) is 3.33. The van der Waals surface area contributed by atoms with Crippen LogP contribution >= 0.6 is 11.3 Å². The fourth-order valence-corrected chi connectivity index (χ4v) is 2.25. The predicted octanol–water partition coefficient (Wildman–Crippen LogP) is 1.44. The van der Waals surface area contributed by atoms with E-state index in [0.717, 1.165) is 0 Å². The second kappa shape index (κ2) is 3.49. The second-order valence-corrected chi connectivity index (χ2v) is 4.22. The van der Waals surface area contributed by atoms with Gasteiger partial charge in [-0.1, -0.05) is 0 Å². The third kappa shape index (κ3) is 1.43. The topological polar surface area (TPSA) is 67.3 Å². The van der Waals surface area contributed by atoms with Crippen molar-refractivity contribution < 1.29 is 14.7 Å². The number of hydrogen-bond acceptors (Lipinski definition) is 4. The molecule has 0 bridgehead atoms. The number of Topliss-reactive ketones (excluding diaryl/α,β-unsaturated/α-hetero) is 1. The summed E-state index contributed by atoms with van der Waals surface area (Å²) in [4.78, 5) is 26.3. The van der Waals surface area contributed by atoms with Gasteiger partial charge in [0.1, 0.15) is 0 Å². The van der Waals surface area contributed by atoms with Crippen molar-refractivity contribution in [2.24, 2.45) is 11.8 Å². The molecule has 0 radical (unpaired) electrons. The summed E-state index contributed by atoms with van der Waals surface area (Å²) in [6.45, 7) is 0. The van der Waals surface area contributed by atoms with Crippen LogP contribution in [0.1, 0.15) is 22.6 Å². The molecule has 4 nitrogen and oxygen atoms in total. The van der Waals surface area contributed by atoms with Crippen molar-refractivity contribution in [2.45, 2.75) is 12.8 Å². The van der Waals surface area contributed by atoms with Gasteiger partial charge in [0.15, 0.2) is 10.8 Å². The van der Waals surface area contributed by atoms with Crippen molar-refractivity contribution in [3.63, 3.8) is 0 Å². The highest BCUT2D eigenvalue weighted by Gasteiger charge is 2.42. The van der Waals surface area contributed by atoms with Crippen molar-refractivity contribution in [3.05, 3.63) is 16.6 Å². The lowest BCUT2D eigenvalue weighted by atomic mass is 9.71. The average Bonchev–Trinajstić information content (AvgIpc) is 2.51. The minimum atomic E-state index is -0.869. The Hall–Kier alpha value is -1.23. The number of nitrogens with zero attached hydrogens (tertiary/aromatic N) is 1. The van der Waals surface area contributed by atoms with Crippen LogP contribution < -0.4 is 0 Å². The van der Waals surface area contributed by atoms with Crippen LogP contribution in [-0.2, 0) is 4.79 Å². The average molecular weight is 211 g/mol. The van der Waals surface area contributed by atoms with Crippen LogP contribution in [0.2, 0.25) is 0 Å². The van der Waals surface area contributed by atoms with E-state index in [1.807, 2.05) is 0 Å². The van der Waals surface area contributed by atoms with E-state index in [1.54, 1.807) is 11.6 Å². The Morgan fingerprint density at radius 2 is 2.14 bits per heavy atom. The van der Waals surface area contributed by atoms with Gasteiger partial charge in [-0.05, 0) is 12.8 Å². The number of carbonyl (C=O) groups excluding carboxylic acids is 1. The molecule has 1 aromatic rings. The van der Waals surface area contributed by atoms with E-state index in [-0.39, 0.29) is 11.7 Å². The molecule has 0 saturated heterocycles. The van der Waals surface area contributed by atoms with Gasteiger partial charge in [0.2, 0.25) is 0 Å². The van der Waals surface area contributed by atoms with Gasteiger partial charge in [0, 0.05) is 17.5 Å². The Morgan fingerprint density at radius 1 is 1.43 bits per heavy atom. The van der Waals surface area contributed by atoms with E-state index in [0.29, 0.717) is 17.8 Å². The fraction of sp³-hybridized carbons (Fsp3) is 0.444. The lowest BCUT2D eigenvalue weighted by Gasteiger charge is -2.31. The molecule has 0 spiro atoms. The maximum atomic E-state index is 11.7. The minimum Gasteiger partial charge on any atom is -0.481 e. The number of aliphatic carboxylic acids is 1. The van der Waals surface area contributed by atoms with Crippen LogP contribution in [-0.4, -0.2) is 21.8 Å². The zero-order chi connectivity index (χ0) is 10.1. The standard InChI is InChI=1S/C9H9NO3S/c11-7(8-10-3-4-14-8)5-1-2-6(5)9(12)13/h3-6H,1-2H2,(H,12,13)/t5-,6-/m1/s1. The van der Waals surface area contributed by atoms with Crippen molar-refractivity contribution in [1.29, 1.82) is 0 Å². The van der Waals surface area contributed by atoms with Crippen LogP contribution in [0.5, 0.6) is 0 Å². The van der Waals surface area contributed by atoms with Crippen molar-refractivity contribution in [2.75, 3.05) is 0 Å². The van der Waals surface area contributed by atoms with Crippen LogP contribution in [0.4, 0.5) is 0 Å². The summed E-state index contributed by atoms with van der Waals surface area (Å²) in [5, 5.41) is 10.9. The summed E-state index contributed by atoms with van der Waals surface area (Å²) in [7, 11) is 0. The Kier molecular flexibility index (Phi) is 2.33. The number of thiazole rings is 1. The highest BCUT2D eigenvalue weighted by molar-refractivity contribution is 7.11. The van der Waals surface area contributed by atoms with Gasteiger partial charge in [-0.15, -0.1) is 11.3 Å². The fourth-order valence-electron chi connectivity index (χ4n) is 1.61. The van der Waals surface area contributed by atoms with Crippen LogP contribution in [0.3, 0.4) is 0 Å². The van der Waals surface area contributed by atoms with E-state index < -0.39 is 11.9 Å². The zero-order valence-corrected chi connectivity index (χ0v) is 8.16. The van der Waals surface area contributed by atoms with E-state index >= 15 is 0 Å². The maximum absolute atomic E-state index is 11.7. The Labute approximate surface area is 84.6 Å². The summed E-state index contributed by atoms with van der Waals surface area (Å²) < 4.78 is 0. The molecule has 14 heavy (non-hydrogen) atoms. The molecule has 1 fully saturated rings. The number of aromatic nitrogens is 1. The third-order valence-corrected chi connectivity index (χ3v) is 3.36. The first kappa shape index (κ1) is 9.33. The molecule has 1 saturated carbocycles. The highest BCUT2D eigenvalue weighted by Crippen LogP contribution is 2.37. The van der Waals surface area contributed by atoms with E-state index in [2.05, 4.69) is 4.98 Å². The van der Waals surface area contributed by atoms with E-state index in [4.69, 9.17) is 5.11 Å². The van der Waals surface area contributed by atoms with Gasteiger partial charge in [-0.25, -0.2) is 4.98 Å². The van der Waals surface area contributed by atoms with Gasteiger partial charge in [-0.3, -0.25) is 9.59 Å². The van der Waals surface area contributed by atoms with Crippen LogP contribution in [0.15, 0.2) is 11.6 Å². The first-order valence-corrected chi connectivity index (χ1v) is 5.24. The van der Waals surface area contributed by atoms with Crippen LogP contribution in [0, 0.1) is 11.8 Å². The normalized spacial score (nSPS) is 25.4. The molecule has 1 aliphatic rings. The number of carboxylic acids is 1. The highest BCUT2D eigenvalue weighted by atomic mass is 32.1. The Morgan fingerprint density at radius 3 is 2.57 bits per heavy atom. The molecule has 0 aromatic carbocycles. The van der Waals surface area contributed by atoms with Crippen molar-refractivity contribution >= 4 is 23.1 Å². The SMILES string of the molecule is O=C(O)[C@@H]1CC[C@H]1C(=O)c1nccs1. The summed E-state index contributed by atoms with van der Waals surface area (Å²) in [6, 6.07) is 0. The van der Waals surface area contributed by atoms with Crippen molar-refractivity contribution in [1.82, 2.24) is 4.98 Å². The van der Waals surface area contributed by atoms with E-state index in [1.165, 1.54) is 11.3 Å². The van der Waals surface area contributed by atoms with E-state index in [9.17, 15) is 9.59 Å². The summed E-state index contributed by atoms with van der Waals surface area (Å²) >= 11 is 1.27. The minimum absolute atomic E-state index is 0.112. The Balaban J connectivity index is 2.10. The Bertz CT molecular complexity index is 360. The molecular formula is C9H9NO3S. The molecule has 74 valence electrons. The van der Waals surface area contributed by atoms with Gasteiger partial charge < -0.3 is 5.11 Å². The van der Waals surface area contributed by atoms with Gasteiger partial charge in [0.25, 0.3) is 0 Å². The molecule has 0 amide bonds. The summed E-state index contributed by atoms with van der Waals surface area (Å²) in [5.74, 6) is -1.82. The molecule has 1 N–H and O–H groups in total. The number of hydrogen-bond donors (Lipinski definition) is 1. The summed E-state index contributed by atoms with van der Waals surface area (Å²) in [5.41, 5.74) is 0. The zero-order valence-electron chi connectivity index (χ0n) is 7.34. The van der Waals surface area contributed by atoms with Gasteiger partial charge in [-0.2, -0.15) is 0 Å². The predicted molar refractivity (Wildman–Crippen MR) is 50.3 cm³/mol. The molecule has 1 heterocycles. The first-order chi connectivity index (χ1) is 6.70. The molecule has 5 heteroatoms. The largest absolute Gasteiger partial charge is 0.481 e. The third-order valence-electron chi connectivity index (χ3n) is 2.57. The van der Waals surface area contributed by atoms with Crippen molar-refractivity contribution in [3.8, 4) is 0 Å². The molecular weight excluding hydrogens is 202 g/mol. The molecule has 2 rings (SSSR count). The quantitative estimate of drug-likeness (QED) is 0.768. The molecule has 0 unspecified atom stereocenters. The lowest BCUT2D eigenvalue weighted by Crippen LogP contribution is -2.38. The molecule has 1 aromatic heterocycles. The molecule has 0 aliphatic heterocycles. The number of carboxylic acid groups (broad SMARTS) is 1. The van der Waals surface area contributed by atoms with Gasteiger partial charge in [0.05, 0.1) is 5.92 Å². The first-order valence-electron chi connectivity index (χ1n) is 4.36.